The Morgan fingerprint density at radius 1 is 1.04 bits per heavy atom. The summed E-state index contributed by atoms with van der Waals surface area (Å²) >= 11 is 0. The van der Waals surface area contributed by atoms with Gasteiger partial charge in [-0.15, -0.1) is 0 Å². The highest BCUT2D eigenvalue weighted by atomic mass is 19.2. The molecule has 1 aliphatic rings. The Hall–Kier alpha value is -1.94. The Labute approximate surface area is 136 Å². The lowest BCUT2D eigenvalue weighted by molar-refractivity contribution is 0.347. The van der Waals surface area contributed by atoms with Crippen LogP contribution in [0.15, 0.2) is 48.5 Å². The zero-order valence-electron chi connectivity index (χ0n) is 13.3. The molecule has 122 valence electrons. The fourth-order valence-electron chi connectivity index (χ4n) is 3.29. The summed E-state index contributed by atoms with van der Waals surface area (Å²) in [5, 5.41) is 3.54. The molecule has 23 heavy (non-hydrogen) atoms. The van der Waals surface area contributed by atoms with Crippen molar-refractivity contribution >= 4 is 5.69 Å². The van der Waals surface area contributed by atoms with Crippen LogP contribution < -0.4 is 10.2 Å². The van der Waals surface area contributed by atoms with Gasteiger partial charge < -0.3 is 10.2 Å². The SMILES string of the molecule is CC1CC(NCc2ccccc2)CN(c2cccc(F)c2F)C1. The van der Waals surface area contributed by atoms with Crippen LogP contribution in [-0.4, -0.2) is 19.1 Å². The summed E-state index contributed by atoms with van der Waals surface area (Å²) in [6, 6.07) is 14.9. The highest BCUT2D eigenvalue weighted by Gasteiger charge is 2.26. The summed E-state index contributed by atoms with van der Waals surface area (Å²) in [5.41, 5.74) is 1.59. The number of piperidine rings is 1. The molecule has 0 saturated carbocycles. The number of halogens is 2. The highest BCUT2D eigenvalue weighted by Crippen LogP contribution is 2.27. The molecule has 0 radical (unpaired) electrons. The molecule has 0 bridgehead atoms. The second kappa shape index (κ2) is 7.09. The predicted molar refractivity (Wildman–Crippen MR) is 89.4 cm³/mol. The predicted octanol–water partition coefficient (Wildman–Crippen LogP) is 3.97. The first-order valence-electron chi connectivity index (χ1n) is 8.09. The van der Waals surface area contributed by atoms with Gasteiger partial charge in [0.15, 0.2) is 11.6 Å². The fraction of sp³-hybridized carbons (Fsp3) is 0.368. The molecule has 2 unspecified atom stereocenters. The Morgan fingerprint density at radius 3 is 2.61 bits per heavy atom. The molecule has 0 aromatic heterocycles. The van der Waals surface area contributed by atoms with E-state index in [0.29, 0.717) is 18.2 Å². The summed E-state index contributed by atoms with van der Waals surface area (Å²) < 4.78 is 27.5. The van der Waals surface area contributed by atoms with E-state index in [1.165, 1.54) is 5.56 Å². The first-order valence-corrected chi connectivity index (χ1v) is 8.09. The minimum absolute atomic E-state index is 0.265. The van der Waals surface area contributed by atoms with Gasteiger partial charge in [-0.05, 0) is 30.0 Å². The molecule has 2 aromatic carbocycles. The molecular weight excluding hydrogens is 294 g/mol. The standard InChI is InChI=1S/C19H22F2N2/c1-14-10-16(22-11-15-6-3-2-4-7-15)13-23(12-14)18-9-5-8-17(20)19(18)21/h2-9,14,16,22H,10-13H2,1H3. The monoisotopic (exact) mass is 316 g/mol. The Balaban J connectivity index is 1.68. The second-order valence-electron chi connectivity index (χ2n) is 6.38. The maximum Gasteiger partial charge on any atom is 0.182 e. The number of hydrogen-bond acceptors (Lipinski definition) is 2. The van der Waals surface area contributed by atoms with Gasteiger partial charge in [-0.25, -0.2) is 8.78 Å². The number of nitrogens with zero attached hydrogens (tertiary/aromatic N) is 1. The van der Waals surface area contributed by atoms with Crippen molar-refractivity contribution in [1.82, 2.24) is 5.32 Å². The van der Waals surface area contributed by atoms with Gasteiger partial charge in [0.05, 0.1) is 5.69 Å². The molecule has 0 amide bonds. The average Bonchev–Trinajstić information content (AvgIpc) is 2.56. The van der Waals surface area contributed by atoms with Crippen LogP contribution in [0.5, 0.6) is 0 Å². The van der Waals surface area contributed by atoms with Crippen LogP contribution in [0.25, 0.3) is 0 Å². The molecule has 0 aliphatic carbocycles. The Morgan fingerprint density at radius 2 is 1.83 bits per heavy atom. The number of rotatable bonds is 4. The van der Waals surface area contributed by atoms with Crippen molar-refractivity contribution in [1.29, 1.82) is 0 Å². The van der Waals surface area contributed by atoms with Crippen molar-refractivity contribution in [3.8, 4) is 0 Å². The van der Waals surface area contributed by atoms with Gasteiger partial charge in [0, 0.05) is 25.7 Å². The van der Waals surface area contributed by atoms with E-state index in [-0.39, 0.29) is 6.04 Å². The third-order valence-corrected chi connectivity index (χ3v) is 4.37. The van der Waals surface area contributed by atoms with Crippen molar-refractivity contribution in [3.05, 3.63) is 65.7 Å². The number of nitrogens with one attached hydrogen (secondary N) is 1. The maximum atomic E-state index is 14.1. The lowest BCUT2D eigenvalue weighted by Gasteiger charge is -2.38. The molecule has 3 rings (SSSR count). The van der Waals surface area contributed by atoms with Crippen LogP contribution in [0, 0.1) is 17.6 Å². The number of benzene rings is 2. The molecule has 1 N–H and O–H groups in total. The van der Waals surface area contributed by atoms with E-state index in [2.05, 4.69) is 24.4 Å². The molecule has 1 saturated heterocycles. The van der Waals surface area contributed by atoms with Crippen LogP contribution in [0.2, 0.25) is 0 Å². The molecular formula is C19H22F2N2. The van der Waals surface area contributed by atoms with Gasteiger partial charge in [0.2, 0.25) is 0 Å². The van der Waals surface area contributed by atoms with Gasteiger partial charge in [-0.3, -0.25) is 0 Å². The van der Waals surface area contributed by atoms with Crippen molar-refractivity contribution in [2.75, 3.05) is 18.0 Å². The van der Waals surface area contributed by atoms with Crippen molar-refractivity contribution in [2.24, 2.45) is 5.92 Å². The highest BCUT2D eigenvalue weighted by molar-refractivity contribution is 5.48. The fourth-order valence-corrected chi connectivity index (χ4v) is 3.29. The van der Waals surface area contributed by atoms with Crippen molar-refractivity contribution in [2.45, 2.75) is 25.9 Å². The normalized spacial score (nSPS) is 21.4. The van der Waals surface area contributed by atoms with Crippen molar-refractivity contribution < 1.29 is 8.78 Å². The summed E-state index contributed by atoms with van der Waals surface area (Å²) in [7, 11) is 0. The molecule has 0 spiro atoms. The van der Waals surface area contributed by atoms with Gasteiger partial charge in [0.1, 0.15) is 0 Å². The summed E-state index contributed by atoms with van der Waals surface area (Å²) in [5.74, 6) is -1.10. The topological polar surface area (TPSA) is 15.3 Å². The van der Waals surface area contributed by atoms with Crippen LogP contribution in [0.3, 0.4) is 0 Å². The lowest BCUT2D eigenvalue weighted by atomic mass is 9.95. The largest absolute Gasteiger partial charge is 0.367 e. The quantitative estimate of drug-likeness (QED) is 0.918. The molecule has 2 aromatic rings. The number of hydrogen-bond donors (Lipinski definition) is 1. The maximum absolute atomic E-state index is 14.1. The molecule has 1 fully saturated rings. The van der Waals surface area contributed by atoms with Gasteiger partial charge in [-0.1, -0.05) is 43.3 Å². The van der Waals surface area contributed by atoms with Crippen LogP contribution in [-0.2, 0) is 6.54 Å². The van der Waals surface area contributed by atoms with Crippen LogP contribution in [0.1, 0.15) is 18.9 Å². The van der Waals surface area contributed by atoms with Gasteiger partial charge in [0.25, 0.3) is 0 Å². The Bertz CT molecular complexity index is 645. The average molecular weight is 316 g/mol. The zero-order chi connectivity index (χ0) is 16.2. The van der Waals surface area contributed by atoms with Crippen LogP contribution >= 0.6 is 0 Å². The van der Waals surface area contributed by atoms with E-state index in [9.17, 15) is 8.78 Å². The summed E-state index contributed by atoms with van der Waals surface area (Å²) in [4.78, 5) is 1.95. The lowest BCUT2D eigenvalue weighted by Crippen LogP contribution is -2.48. The molecule has 2 atom stereocenters. The number of anilines is 1. The zero-order valence-corrected chi connectivity index (χ0v) is 13.3. The van der Waals surface area contributed by atoms with E-state index < -0.39 is 11.6 Å². The third kappa shape index (κ3) is 3.88. The van der Waals surface area contributed by atoms with E-state index in [0.717, 1.165) is 25.6 Å². The van der Waals surface area contributed by atoms with E-state index in [4.69, 9.17) is 0 Å². The van der Waals surface area contributed by atoms with Crippen molar-refractivity contribution in [3.63, 3.8) is 0 Å². The Kier molecular flexibility index (Phi) is 4.91. The van der Waals surface area contributed by atoms with Gasteiger partial charge >= 0.3 is 0 Å². The second-order valence-corrected chi connectivity index (χ2v) is 6.38. The summed E-state index contributed by atoms with van der Waals surface area (Å²) in [6.07, 6.45) is 1.04. The van der Waals surface area contributed by atoms with Gasteiger partial charge in [-0.2, -0.15) is 0 Å². The van der Waals surface area contributed by atoms with Crippen LogP contribution in [0.4, 0.5) is 14.5 Å². The minimum Gasteiger partial charge on any atom is -0.367 e. The molecule has 2 nitrogen and oxygen atoms in total. The molecule has 1 aliphatic heterocycles. The van der Waals surface area contributed by atoms with E-state index in [1.807, 2.05) is 23.1 Å². The summed E-state index contributed by atoms with van der Waals surface area (Å²) in [6.45, 7) is 4.39. The molecule has 4 heteroatoms. The van der Waals surface area contributed by atoms with E-state index in [1.54, 1.807) is 12.1 Å². The van der Waals surface area contributed by atoms with E-state index >= 15 is 0 Å². The third-order valence-electron chi connectivity index (χ3n) is 4.37. The minimum atomic E-state index is -0.783. The molecule has 1 heterocycles. The first kappa shape index (κ1) is 15.9. The first-order chi connectivity index (χ1) is 11.1. The smallest absolute Gasteiger partial charge is 0.182 e.